The Balaban J connectivity index is 2.28. The first-order chi connectivity index (χ1) is 11.6. The van der Waals surface area contributed by atoms with Crippen LogP contribution in [0.15, 0.2) is 43.0 Å². The molecule has 24 heavy (non-hydrogen) atoms. The average molecular weight is 346 g/mol. The highest BCUT2D eigenvalue weighted by molar-refractivity contribution is 6.30. The van der Waals surface area contributed by atoms with Gasteiger partial charge in [0.05, 0.1) is 13.7 Å². The molecule has 4 heteroatoms. The largest absolute Gasteiger partial charge is 0.493 e. The normalized spacial score (nSPS) is 10.3. The first kappa shape index (κ1) is 18.2. The van der Waals surface area contributed by atoms with E-state index in [2.05, 4.69) is 24.9 Å². The molecule has 2 aromatic carbocycles. The summed E-state index contributed by atoms with van der Waals surface area (Å²) in [6, 6.07) is 9.98. The Morgan fingerprint density at radius 2 is 2.04 bits per heavy atom. The number of aryl methyl sites for hydroxylation is 1. The van der Waals surface area contributed by atoms with Gasteiger partial charge in [-0.3, -0.25) is 0 Å². The molecule has 0 aliphatic heterocycles. The van der Waals surface area contributed by atoms with E-state index in [0.717, 1.165) is 45.3 Å². The quantitative estimate of drug-likeness (QED) is 0.650. The van der Waals surface area contributed by atoms with Gasteiger partial charge in [0.1, 0.15) is 0 Å². The van der Waals surface area contributed by atoms with Crippen molar-refractivity contribution < 1.29 is 9.47 Å². The van der Waals surface area contributed by atoms with Gasteiger partial charge in [-0.2, -0.15) is 0 Å². The van der Waals surface area contributed by atoms with E-state index in [0.29, 0.717) is 13.2 Å². The molecule has 0 amide bonds. The fraction of sp³-hybridized carbons (Fsp3) is 0.300. The van der Waals surface area contributed by atoms with Crippen molar-refractivity contribution in [3.8, 4) is 11.5 Å². The van der Waals surface area contributed by atoms with E-state index in [-0.39, 0.29) is 0 Å². The number of halogens is 1. The van der Waals surface area contributed by atoms with Crippen molar-refractivity contribution in [3.05, 3.63) is 64.7 Å². The SMILES string of the molecule is C=CCc1cc(CNc2cc(Cl)ccc2C)cc(OCC)c1OC. The Hall–Kier alpha value is -2.13. The Kier molecular flexibility index (Phi) is 6.56. The molecule has 2 rings (SSSR count). The summed E-state index contributed by atoms with van der Waals surface area (Å²) in [5, 5.41) is 4.16. The summed E-state index contributed by atoms with van der Waals surface area (Å²) in [7, 11) is 1.66. The Morgan fingerprint density at radius 1 is 1.25 bits per heavy atom. The van der Waals surface area contributed by atoms with Crippen LogP contribution in [0, 0.1) is 6.92 Å². The second kappa shape index (κ2) is 8.65. The number of ether oxygens (including phenoxy) is 2. The van der Waals surface area contributed by atoms with Crippen LogP contribution in [0.1, 0.15) is 23.6 Å². The van der Waals surface area contributed by atoms with Gasteiger partial charge >= 0.3 is 0 Å². The summed E-state index contributed by atoms with van der Waals surface area (Å²) in [5.74, 6) is 1.54. The van der Waals surface area contributed by atoms with Gasteiger partial charge in [-0.05, 0) is 55.7 Å². The van der Waals surface area contributed by atoms with E-state index in [4.69, 9.17) is 21.1 Å². The number of nitrogens with one attached hydrogen (secondary N) is 1. The van der Waals surface area contributed by atoms with Crippen molar-refractivity contribution in [1.29, 1.82) is 0 Å². The average Bonchev–Trinajstić information content (AvgIpc) is 2.56. The van der Waals surface area contributed by atoms with Gasteiger partial charge in [0.15, 0.2) is 11.5 Å². The third-order valence-corrected chi connectivity index (χ3v) is 3.98. The molecule has 0 saturated carbocycles. The lowest BCUT2D eigenvalue weighted by Crippen LogP contribution is -2.05. The van der Waals surface area contributed by atoms with Gasteiger partial charge in [-0.25, -0.2) is 0 Å². The molecule has 0 saturated heterocycles. The molecular formula is C20H24ClNO2. The second-order valence-electron chi connectivity index (χ2n) is 5.52. The summed E-state index contributed by atoms with van der Waals surface area (Å²) in [4.78, 5) is 0. The van der Waals surface area contributed by atoms with Crippen LogP contribution in [0.25, 0.3) is 0 Å². The van der Waals surface area contributed by atoms with Crippen LogP contribution in [0.5, 0.6) is 11.5 Å². The third-order valence-electron chi connectivity index (χ3n) is 3.74. The molecule has 0 heterocycles. The molecule has 128 valence electrons. The van der Waals surface area contributed by atoms with E-state index in [1.807, 2.05) is 37.3 Å². The third kappa shape index (κ3) is 4.45. The molecule has 0 radical (unpaired) electrons. The van der Waals surface area contributed by atoms with Crippen LogP contribution in [0.3, 0.4) is 0 Å². The molecule has 0 atom stereocenters. The van der Waals surface area contributed by atoms with E-state index < -0.39 is 0 Å². The summed E-state index contributed by atoms with van der Waals surface area (Å²) in [6.45, 7) is 9.11. The lowest BCUT2D eigenvalue weighted by molar-refractivity contribution is 0.309. The molecule has 0 fully saturated rings. The van der Waals surface area contributed by atoms with Gasteiger partial charge in [0.25, 0.3) is 0 Å². The summed E-state index contributed by atoms with van der Waals surface area (Å²) in [6.07, 6.45) is 2.60. The molecular weight excluding hydrogens is 322 g/mol. The maximum atomic E-state index is 6.08. The lowest BCUT2D eigenvalue weighted by Gasteiger charge is -2.16. The zero-order valence-electron chi connectivity index (χ0n) is 14.5. The Morgan fingerprint density at radius 3 is 2.71 bits per heavy atom. The number of allylic oxidation sites excluding steroid dienone is 1. The van der Waals surface area contributed by atoms with Crippen molar-refractivity contribution >= 4 is 17.3 Å². The molecule has 1 N–H and O–H groups in total. The number of anilines is 1. The minimum atomic E-state index is 0.591. The molecule has 0 aromatic heterocycles. The molecule has 0 aliphatic carbocycles. The van der Waals surface area contributed by atoms with Crippen molar-refractivity contribution in [2.24, 2.45) is 0 Å². The topological polar surface area (TPSA) is 30.5 Å². The highest BCUT2D eigenvalue weighted by Crippen LogP contribution is 2.34. The second-order valence-corrected chi connectivity index (χ2v) is 5.96. The van der Waals surface area contributed by atoms with Crippen molar-refractivity contribution in [2.45, 2.75) is 26.8 Å². The number of hydrogen-bond donors (Lipinski definition) is 1. The van der Waals surface area contributed by atoms with Crippen LogP contribution in [0.2, 0.25) is 5.02 Å². The maximum Gasteiger partial charge on any atom is 0.164 e. The van der Waals surface area contributed by atoms with Gasteiger partial charge in [0, 0.05) is 22.8 Å². The van der Waals surface area contributed by atoms with Crippen LogP contribution in [-0.4, -0.2) is 13.7 Å². The first-order valence-corrected chi connectivity index (χ1v) is 8.40. The zero-order valence-corrected chi connectivity index (χ0v) is 15.2. The molecule has 0 unspecified atom stereocenters. The van der Waals surface area contributed by atoms with Crippen molar-refractivity contribution in [1.82, 2.24) is 0 Å². The van der Waals surface area contributed by atoms with Gasteiger partial charge in [0.2, 0.25) is 0 Å². The standard InChI is InChI=1S/C20H24ClNO2/c1-5-7-16-10-15(11-19(24-6-2)20(16)23-4)13-22-18-12-17(21)9-8-14(18)3/h5,8-12,22H,1,6-7,13H2,2-4H3. The molecule has 2 aromatic rings. The molecule has 0 spiro atoms. The van der Waals surface area contributed by atoms with Crippen LogP contribution in [-0.2, 0) is 13.0 Å². The predicted octanol–water partition coefficient (Wildman–Crippen LogP) is 5.40. The molecule has 3 nitrogen and oxygen atoms in total. The number of hydrogen-bond acceptors (Lipinski definition) is 3. The molecule has 0 aliphatic rings. The fourth-order valence-corrected chi connectivity index (χ4v) is 2.78. The van der Waals surface area contributed by atoms with E-state index in [1.54, 1.807) is 7.11 Å². The Labute approximate surface area is 149 Å². The highest BCUT2D eigenvalue weighted by atomic mass is 35.5. The minimum Gasteiger partial charge on any atom is -0.493 e. The van der Waals surface area contributed by atoms with Gasteiger partial charge in [-0.1, -0.05) is 23.7 Å². The Bertz CT molecular complexity index is 713. The van der Waals surface area contributed by atoms with Crippen LogP contribution >= 0.6 is 11.6 Å². The smallest absolute Gasteiger partial charge is 0.164 e. The lowest BCUT2D eigenvalue weighted by atomic mass is 10.1. The van der Waals surface area contributed by atoms with Crippen LogP contribution < -0.4 is 14.8 Å². The summed E-state index contributed by atoms with van der Waals surface area (Å²) < 4.78 is 11.3. The first-order valence-electron chi connectivity index (χ1n) is 8.02. The highest BCUT2D eigenvalue weighted by Gasteiger charge is 2.12. The maximum absolute atomic E-state index is 6.08. The monoisotopic (exact) mass is 345 g/mol. The van der Waals surface area contributed by atoms with Crippen LogP contribution in [0.4, 0.5) is 5.69 Å². The predicted molar refractivity (Wildman–Crippen MR) is 102 cm³/mol. The summed E-state index contributed by atoms with van der Waals surface area (Å²) in [5.41, 5.74) is 4.37. The van der Waals surface area contributed by atoms with Gasteiger partial charge in [-0.15, -0.1) is 6.58 Å². The van der Waals surface area contributed by atoms with E-state index in [1.165, 1.54) is 0 Å². The number of rotatable bonds is 8. The van der Waals surface area contributed by atoms with Crippen molar-refractivity contribution in [3.63, 3.8) is 0 Å². The number of methoxy groups -OCH3 is 1. The summed E-state index contributed by atoms with van der Waals surface area (Å²) >= 11 is 6.08. The van der Waals surface area contributed by atoms with E-state index >= 15 is 0 Å². The van der Waals surface area contributed by atoms with E-state index in [9.17, 15) is 0 Å². The van der Waals surface area contributed by atoms with Crippen molar-refractivity contribution in [2.75, 3.05) is 19.0 Å². The fourth-order valence-electron chi connectivity index (χ4n) is 2.61. The molecule has 0 bridgehead atoms. The zero-order chi connectivity index (χ0) is 17.5. The number of benzene rings is 2. The minimum absolute atomic E-state index is 0.591. The van der Waals surface area contributed by atoms with Gasteiger partial charge < -0.3 is 14.8 Å².